The molecule has 2 aliphatic heterocycles. The molecule has 1 aromatic rings. The van der Waals surface area contributed by atoms with Gasteiger partial charge in [0.2, 0.25) is 9.84 Å². The molecular formula is C14H19N3O2S. The highest BCUT2D eigenvalue weighted by atomic mass is 32.2. The highest BCUT2D eigenvalue weighted by molar-refractivity contribution is 7.95. The standard InChI is InChI=1S/C14H19N3O2S/c15-8-11-2-1-3-13-14(11)12(10-20(13,18)19)9-17-6-4-16-5-7-17/h1-3,10,16H,4-9,15H2. The van der Waals surface area contributed by atoms with E-state index in [1.807, 2.05) is 6.07 Å². The monoisotopic (exact) mass is 293 g/mol. The van der Waals surface area contributed by atoms with E-state index in [4.69, 9.17) is 5.73 Å². The van der Waals surface area contributed by atoms with Gasteiger partial charge in [-0.15, -0.1) is 0 Å². The van der Waals surface area contributed by atoms with Crippen LogP contribution in [-0.4, -0.2) is 46.0 Å². The van der Waals surface area contributed by atoms with Crippen LogP contribution in [-0.2, 0) is 16.4 Å². The number of rotatable bonds is 3. The predicted molar refractivity (Wildman–Crippen MR) is 78.8 cm³/mol. The molecule has 0 atom stereocenters. The number of fused-ring (bicyclic) bond motifs is 1. The summed E-state index contributed by atoms with van der Waals surface area (Å²) in [4.78, 5) is 2.69. The maximum absolute atomic E-state index is 12.2. The maximum atomic E-state index is 12.2. The van der Waals surface area contributed by atoms with E-state index in [0.29, 0.717) is 18.0 Å². The fraction of sp³-hybridized carbons (Fsp3) is 0.429. The molecule has 0 amide bonds. The second-order valence-electron chi connectivity index (χ2n) is 5.21. The summed E-state index contributed by atoms with van der Waals surface area (Å²) in [5.41, 5.74) is 8.37. The fourth-order valence-corrected chi connectivity index (χ4v) is 4.39. The molecule has 0 saturated carbocycles. The Hall–Kier alpha value is -1.21. The van der Waals surface area contributed by atoms with Gasteiger partial charge in [0, 0.05) is 50.2 Å². The van der Waals surface area contributed by atoms with Crippen molar-refractivity contribution in [3.63, 3.8) is 0 Å². The van der Waals surface area contributed by atoms with E-state index in [9.17, 15) is 8.42 Å². The molecule has 20 heavy (non-hydrogen) atoms. The Labute approximate surface area is 119 Å². The molecule has 6 heteroatoms. The molecule has 0 bridgehead atoms. The smallest absolute Gasteiger partial charge is 0.200 e. The van der Waals surface area contributed by atoms with Gasteiger partial charge in [0.1, 0.15) is 0 Å². The highest BCUT2D eigenvalue weighted by Gasteiger charge is 2.29. The van der Waals surface area contributed by atoms with Gasteiger partial charge in [-0.25, -0.2) is 8.42 Å². The first-order valence-electron chi connectivity index (χ1n) is 6.83. The third-order valence-corrected chi connectivity index (χ3v) is 5.41. The van der Waals surface area contributed by atoms with Gasteiger partial charge in [0.15, 0.2) is 0 Å². The molecule has 5 nitrogen and oxygen atoms in total. The third-order valence-electron chi connectivity index (χ3n) is 3.86. The largest absolute Gasteiger partial charge is 0.326 e. The van der Waals surface area contributed by atoms with Gasteiger partial charge in [0.25, 0.3) is 0 Å². The lowest BCUT2D eigenvalue weighted by Crippen LogP contribution is -2.43. The van der Waals surface area contributed by atoms with Gasteiger partial charge >= 0.3 is 0 Å². The van der Waals surface area contributed by atoms with Gasteiger partial charge in [-0.2, -0.15) is 0 Å². The Morgan fingerprint density at radius 2 is 2.00 bits per heavy atom. The van der Waals surface area contributed by atoms with Gasteiger partial charge in [-0.1, -0.05) is 12.1 Å². The van der Waals surface area contributed by atoms with Crippen LogP contribution in [0, 0.1) is 0 Å². The molecule has 3 rings (SSSR count). The number of nitrogens with one attached hydrogen (secondary N) is 1. The van der Waals surface area contributed by atoms with Crippen LogP contribution in [0.1, 0.15) is 11.1 Å². The van der Waals surface area contributed by atoms with E-state index in [2.05, 4.69) is 10.2 Å². The molecule has 1 aromatic carbocycles. The average molecular weight is 293 g/mol. The zero-order valence-electron chi connectivity index (χ0n) is 11.3. The summed E-state index contributed by atoms with van der Waals surface area (Å²) in [5.74, 6) is 0. The second-order valence-corrected chi connectivity index (χ2v) is 6.97. The number of hydrogen-bond acceptors (Lipinski definition) is 5. The molecule has 0 radical (unpaired) electrons. The van der Waals surface area contributed by atoms with Crippen molar-refractivity contribution in [1.29, 1.82) is 0 Å². The average Bonchev–Trinajstić information content (AvgIpc) is 2.71. The van der Waals surface area contributed by atoms with Gasteiger partial charge in [-0.05, 0) is 17.2 Å². The van der Waals surface area contributed by atoms with Crippen LogP contribution in [0.5, 0.6) is 0 Å². The Morgan fingerprint density at radius 3 is 2.70 bits per heavy atom. The first-order chi connectivity index (χ1) is 9.62. The fourth-order valence-electron chi connectivity index (χ4n) is 2.88. The first-order valence-corrected chi connectivity index (χ1v) is 8.37. The SMILES string of the molecule is NCc1cccc2c1C(CN1CCNCC1)=CS2(=O)=O. The normalized spacial score (nSPS) is 21.6. The van der Waals surface area contributed by atoms with Crippen molar-refractivity contribution in [2.45, 2.75) is 11.4 Å². The second kappa shape index (κ2) is 5.29. The predicted octanol–water partition coefficient (Wildman–Crippen LogP) is 0.179. The maximum Gasteiger partial charge on any atom is 0.200 e. The summed E-state index contributed by atoms with van der Waals surface area (Å²) >= 11 is 0. The summed E-state index contributed by atoms with van der Waals surface area (Å²) in [7, 11) is -3.30. The van der Waals surface area contributed by atoms with E-state index in [-0.39, 0.29) is 0 Å². The molecule has 1 saturated heterocycles. The number of nitrogens with zero attached hydrogens (tertiary/aromatic N) is 1. The highest BCUT2D eigenvalue weighted by Crippen LogP contribution is 2.36. The molecule has 1 fully saturated rings. The molecule has 0 aliphatic carbocycles. The van der Waals surface area contributed by atoms with E-state index >= 15 is 0 Å². The van der Waals surface area contributed by atoms with Gasteiger partial charge in [0.05, 0.1) is 4.90 Å². The van der Waals surface area contributed by atoms with Crippen LogP contribution in [0.15, 0.2) is 28.5 Å². The van der Waals surface area contributed by atoms with Crippen LogP contribution < -0.4 is 11.1 Å². The summed E-state index contributed by atoms with van der Waals surface area (Å²) < 4.78 is 24.5. The minimum atomic E-state index is -3.30. The molecule has 3 N–H and O–H groups in total. The quantitative estimate of drug-likeness (QED) is 0.831. The zero-order chi connectivity index (χ0) is 14.2. The van der Waals surface area contributed by atoms with Crippen molar-refractivity contribution < 1.29 is 8.42 Å². The van der Waals surface area contributed by atoms with Crippen molar-refractivity contribution >= 4 is 15.4 Å². The van der Waals surface area contributed by atoms with Crippen LogP contribution >= 0.6 is 0 Å². The van der Waals surface area contributed by atoms with E-state index < -0.39 is 9.84 Å². The third kappa shape index (κ3) is 2.40. The lowest BCUT2D eigenvalue weighted by Gasteiger charge is -2.27. The Morgan fingerprint density at radius 1 is 1.25 bits per heavy atom. The molecule has 0 spiro atoms. The minimum Gasteiger partial charge on any atom is -0.326 e. The van der Waals surface area contributed by atoms with Crippen molar-refractivity contribution in [3.8, 4) is 0 Å². The van der Waals surface area contributed by atoms with Crippen molar-refractivity contribution in [2.24, 2.45) is 5.73 Å². The Kier molecular flexibility index (Phi) is 3.64. The number of piperazine rings is 1. The number of nitrogens with two attached hydrogens (primary N) is 1. The molecule has 2 heterocycles. The lowest BCUT2D eigenvalue weighted by molar-refractivity contribution is 0.268. The summed E-state index contributed by atoms with van der Waals surface area (Å²) in [6.07, 6.45) is 0. The minimum absolute atomic E-state index is 0.359. The van der Waals surface area contributed by atoms with Gasteiger partial charge in [-0.3, -0.25) is 4.90 Å². The molecular weight excluding hydrogens is 274 g/mol. The van der Waals surface area contributed by atoms with E-state index in [0.717, 1.165) is 42.9 Å². The molecule has 108 valence electrons. The van der Waals surface area contributed by atoms with E-state index in [1.54, 1.807) is 12.1 Å². The van der Waals surface area contributed by atoms with Crippen molar-refractivity contribution in [2.75, 3.05) is 32.7 Å². The molecule has 0 aromatic heterocycles. The lowest BCUT2D eigenvalue weighted by atomic mass is 10.0. The Balaban J connectivity index is 1.97. The zero-order valence-corrected chi connectivity index (χ0v) is 12.1. The van der Waals surface area contributed by atoms with Crippen molar-refractivity contribution in [1.82, 2.24) is 10.2 Å². The Bertz CT molecular complexity index is 646. The topological polar surface area (TPSA) is 75.4 Å². The number of sulfone groups is 1. The van der Waals surface area contributed by atoms with Gasteiger partial charge < -0.3 is 11.1 Å². The molecule has 0 unspecified atom stereocenters. The number of hydrogen-bond donors (Lipinski definition) is 2. The number of benzene rings is 1. The summed E-state index contributed by atoms with van der Waals surface area (Å²) in [6, 6.07) is 5.34. The van der Waals surface area contributed by atoms with Crippen LogP contribution in [0.2, 0.25) is 0 Å². The van der Waals surface area contributed by atoms with Crippen LogP contribution in [0.3, 0.4) is 0 Å². The first kappa shape index (κ1) is 13.8. The van der Waals surface area contributed by atoms with Crippen molar-refractivity contribution in [3.05, 3.63) is 34.7 Å². The van der Waals surface area contributed by atoms with E-state index in [1.165, 1.54) is 5.41 Å². The summed E-state index contributed by atoms with van der Waals surface area (Å²) in [6.45, 7) is 4.81. The van der Waals surface area contributed by atoms with Crippen LogP contribution in [0.25, 0.3) is 5.57 Å². The van der Waals surface area contributed by atoms with Crippen LogP contribution in [0.4, 0.5) is 0 Å². The molecule has 2 aliphatic rings. The summed E-state index contributed by atoms with van der Waals surface area (Å²) in [5, 5.41) is 4.71.